The van der Waals surface area contributed by atoms with Crippen molar-refractivity contribution >= 4 is 0 Å². The van der Waals surface area contributed by atoms with Crippen LogP contribution in [0, 0.1) is 12.8 Å². The van der Waals surface area contributed by atoms with Crippen LogP contribution in [-0.4, -0.2) is 24.0 Å². The largest absolute Gasteiger partial charge is 0.326 e. The Kier molecular flexibility index (Phi) is 4.41. The van der Waals surface area contributed by atoms with Gasteiger partial charge in [-0.1, -0.05) is 43.2 Å². The Hall–Kier alpha value is -0.860. The Morgan fingerprint density at radius 2 is 2.22 bits per heavy atom. The minimum Gasteiger partial charge on any atom is -0.326 e. The van der Waals surface area contributed by atoms with E-state index >= 15 is 0 Å². The highest BCUT2D eigenvalue weighted by molar-refractivity contribution is 5.26. The van der Waals surface area contributed by atoms with Crippen molar-refractivity contribution in [3.8, 4) is 0 Å². The Morgan fingerprint density at radius 1 is 1.44 bits per heavy atom. The predicted octanol–water partition coefficient (Wildman–Crippen LogP) is 3.12. The Morgan fingerprint density at radius 3 is 2.78 bits per heavy atom. The van der Waals surface area contributed by atoms with Gasteiger partial charge in [0.1, 0.15) is 0 Å². The predicted molar refractivity (Wildman–Crippen MR) is 77.5 cm³/mol. The van der Waals surface area contributed by atoms with Crippen LogP contribution in [0.25, 0.3) is 0 Å². The zero-order valence-corrected chi connectivity index (χ0v) is 11.9. The van der Waals surface area contributed by atoms with Crippen LogP contribution in [0.15, 0.2) is 24.3 Å². The molecule has 18 heavy (non-hydrogen) atoms. The number of hydrogen-bond acceptors (Lipinski definition) is 2. The number of hydrogen-bond donors (Lipinski definition) is 1. The molecule has 1 fully saturated rings. The fourth-order valence-corrected chi connectivity index (χ4v) is 3.15. The van der Waals surface area contributed by atoms with Gasteiger partial charge in [-0.25, -0.2) is 0 Å². The normalized spacial score (nSPS) is 24.1. The first-order valence-electron chi connectivity index (χ1n) is 7.18. The lowest BCUT2D eigenvalue weighted by atomic mass is 9.98. The molecule has 0 aliphatic carbocycles. The average molecular weight is 246 g/mol. The molecule has 2 nitrogen and oxygen atoms in total. The highest BCUT2D eigenvalue weighted by atomic mass is 15.2. The van der Waals surface area contributed by atoms with Gasteiger partial charge in [-0.15, -0.1) is 0 Å². The fourth-order valence-electron chi connectivity index (χ4n) is 3.15. The van der Waals surface area contributed by atoms with Gasteiger partial charge in [-0.2, -0.15) is 0 Å². The van der Waals surface area contributed by atoms with Gasteiger partial charge in [-0.3, -0.25) is 4.90 Å². The van der Waals surface area contributed by atoms with E-state index < -0.39 is 0 Å². The summed E-state index contributed by atoms with van der Waals surface area (Å²) in [7, 11) is 0. The third-order valence-corrected chi connectivity index (χ3v) is 4.17. The summed E-state index contributed by atoms with van der Waals surface area (Å²) in [5, 5.41) is 0. The first-order valence-corrected chi connectivity index (χ1v) is 7.18. The van der Waals surface area contributed by atoms with Crippen molar-refractivity contribution < 1.29 is 0 Å². The van der Waals surface area contributed by atoms with Crippen LogP contribution >= 0.6 is 0 Å². The maximum Gasteiger partial charge on any atom is 0.0496 e. The standard InChI is InChI=1S/C16H26N2/c1-4-14-8-9-18(11-14)16(13(3)17)15-7-5-6-12(2)10-15/h5-7,10,13-14,16H,4,8-9,11,17H2,1-3H3. The van der Waals surface area contributed by atoms with E-state index in [1.807, 2.05) is 0 Å². The van der Waals surface area contributed by atoms with E-state index in [-0.39, 0.29) is 6.04 Å². The van der Waals surface area contributed by atoms with Crippen molar-refractivity contribution in [2.45, 2.75) is 45.7 Å². The van der Waals surface area contributed by atoms with Gasteiger partial charge in [0.25, 0.3) is 0 Å². The van der Waals surface area contributed by atoms with E-state index in [9.17, 15) is 0 Å². The molecular formula is C16H26N2. The van der Waals surface area contributed by atoms with Gasteiger partial charge in [0.2, 0.25) is 0 Å². The molecule has 3 unspecified atom stereocenters. The summed E-state index contributed by atoms with van der Waals surface area (Å²) in [6, 6.07) is 9.37. The lowest BCUT2D eigenvalue weighted by Crippen LogP contribution is -2.38. The van der Waals surface area contributed by atoms with E-state index in [0.29, 0.717) is 6.04 Å². The molecule has 1 saturated heterocycles. The van der Waals surface area contributed by atoms with Crippen molar-refractivity contribution in [3.05, 3.63) is 35.4 Å². The number of benzene rings is 1. The Balaban J connectivity index is 2.19. The van der Waals surface area contributed by atoms with Gasteiger partial charge in [0.15, 0.2) is 0 Å². The van der Waals surface area contributed by atoms with E-state index in [1.54, 1.807) is 0 Å². The summed E-state index contributed by atoms with van der Waals surface area (Å²) < 4.78 is 0. The quantitative estimate of drug-likeness (QED) is 0.884. The van der Waals surface area contributed by atoms with Gasteiger partial charge < -0.3 is 5.73 Å². The molecule has 1 heterocycles. The number of likely N-dealkylation sites (tertiary alicyclic amines) is 1. The maximum absolute atomic E-state index is 6.24. The summed E-state index contributed by atoms with van der Waals surface area (Å²) in [6.07, 6.45) is 2.61. The molecule has 2 heteroatoms. The van der Waals surface area contributed by atoms with Crippen LogP contribution in [0.5, 0.6) is 0 Å². The lowest BCUT2D eigenvalue weighted by Gasteiger charge is -2.31. The summed E-state index contributed by atoms with van der Waals surface area (Å²) in [5.41, 5.74) is 8.94. The minimum absolute atomic E-state index is 0.183. The average Bonchev–Trinajstić information content (AvgIpc) is 2.77. The smallest absolute Gasteiger partial charge is 0.0496 e. The molecule has 0 spiro atoms. The minimum atomic E-state index is 0.183. The van der Waals surface area contributed by atoms with Crippen LogP contribution in [0.1, 0.15) is 43.9 Å². The van der Waals surface area contributed by atoms with Crippen molar-refractivity contribution in [1.29, 1.82) is 0 Å². The zero-order valence-electron chi connectivity index (χ0n) is 11.9. The zero-order chi connectivity index (χ0) is 13.1. The molecule has 2 rings (SSSR count). The van der Waals surface area contributed by atoms with Gasteiger partial charge >= 0.3 is 0 Å². The SMILES string of the molecule is CCC1CCN(C(c2cccc(C)c2)C(C)N)C1. The van der Waals surface area contributed by atoms with Crippen molar-refractivity contribution in [3.63, 3.8) is 0 Å². The van der Waals surface area contributed by atoms with E-state index in [0.717, 1.165) is 5.92 Å². The molecule has 2 N–H and O–H groups in total. The molecule has 1 aromatic carbocycles. The lowest BCUT2D eigenvalue weighted by molar-refractivity contribution is 0.210. The third-order valence-electron chi connectivity index (χ3n) is 4.17. The topological polar surface area (TPSA) is 29.3 Å². The monoisotopic (exact) mass is 246 g/mol. The molecule has 1 aromatic rings. The highest BCUT2D eigenvalue weighted by Crippen LogP contribution is 2.31. The molecule has 100 valence electrons. The second kappa shape index (κ2) is 5.85. The first-order chi connectivity index (χ1) is 8.61. The Bertz CT molecular complexity index is 386. The van der Waals surface area contributed by atoms with Crippen LogP contribution in [0.2, 0.25) is 0 Å². The number of nitrogens with zero attached hydrogens (tertiary/aromatic N) is 1. The fraction of sp³-hybridized carbons (Fsp3) is 0.625. The van der Waals surface area contributed by atoms with Crippen LogP contribution < -0.4 is 5.73 Å². The molecule has 0 aromatic heterocycles. The maximum atomic E-state index is 6.24. The molecule has 3 atom stereocenters. The van der Waals surface area contributed by atoms with Gasteiger partial charge in [0.05, 0.1) is 0 Å². The second-order valence-corrected chi connectivity index (χ2v) is 5.78. The van der Waals surface area contributed by atoms with Crippen LogP contribution in [0.4, 0.5) is 0 Å². The molecule has 0 saturated carbocycles. The molecule has 1 aliphatic heterocycles. The van der Waals surface area contributed by atoms with Gasteiger partial charge in [-0.05, 0) is 38.3 Å². The van der Waals surface area contributed by atoms with Crippen molar-refractivity contribution in [2.24, 2.45) is 11.7 Å². The molecule has 0 radical (unpaired) electrons. The first kappa shape index (κ1) is 13.6. The third kappa shape index (κ3) is 2.93. The molecule has 0 amide bonds. The number of rotatable bonds is 4. The van der Waals surface area contributed by atoms with Crippen LogP contribution in [0.3, 0.4) is 0 Å². The van der Waals surface area contributed by atoms with E-state index in [4.69, 9.17) is 5.73 Å². The van der Waals surface area contributed by atoms with Crippen molar-refractivity contribution in [1.82, 2.24) is 4.90 Å². The Labute approximate surface area is 111 Å². The molecule has 0 bridgehead atoms. The van der Waals surface area contributed by atoms with Gasteiger partial charge in [0, 0.05) is 18.6 Å². The summed E-state index contributed by atoms with van der Waals surface area (Å²) >= 11 is 0. The number of nitrogens with two attached hydrogens (primary N) is 1. The summed E-state index contributed by atoms with van der Waals surface area (Å²) in [6.45, 7) is 8.98. The highest BCUT2D eigenvalue weighted by Gasteiger charge is 2.30. The van der Waals surface area contributed by atoms with E-state index in [1.165, 1.54) is 37.1 Å². The van der Waals surface area contributed by atoms with Crippen LogP contribution in [-0.2, 0) is 0 Å². The number of aryl methyl sites for hydroxylation is 1. The molecular weight excluding hydrogens is 220 g/mol. The second-order valence-electron chi connectivity index (χ2n) is 5.78. The van der Waals surface area contributed by atoms with E-state index in [2.05, 4.69) is 49.9 Å². The summed E-state index contributed by atoms with van der Waals surface area (Å²) in [5.74, 6) is 0.857. The molecule has 1 aliphatic rings. The van der Waals surface area contributed by atoms with Crippen molar-refractivity contribution in [2.75, 3.05) is 13.1 Å². The summed E-state index contributed by atoms with van der Waals surface area (Å²) in [4.78, 5) is 2.58.